The highest BCUT2D eigenvalue weighted by atomic mass is 79.9. The normalized spacial score (nSPS) is 14.5. The Morgan fingerprint density at radius 2 is 2.38 bits per heavy atom. The molecule has 1 amide bonds. The van der Waals surface area contributed by atoms with E-state index in [0.717, 1.165) is 0 Å². The van der Waals surface area contributed by atoms with E-state index in [1.54, 1.807) is 12.1 Å². The Labute approximate surface area is 107 Å². The van der Waals surface area contributed by atoms with Gasteiger partial charge in [0.2, 0.25) is 0 Å². The molecule has 1 aromatic heterocycles. The maximum Gasteiger partial charge on any atom is 0.287 e. The summed E-state index contributed by atoms with van der Waals surface area (Å²) in [4.78, 5) is 11.7. The van der Waals surface area contributed by atoms with Crippen LogP contribution in [0.15, 0.2) is 21.2 Å². The van der Waals surface area contributed by atoms with Crippen molar-refractivity contribution in [1.82, 2.24) is 5.32 Å². The van der Waals surface area contributed by atoms with E-state index in [4.69, 9.17) is 9.52 Å². The maximum atomic E-state index is 11.7. The zero-order chi connectivity index (χ0) is 12.1. The van der Waals surface area contributed by atoms with E-state index in [0.29, 0.717) is 4.67 Å². The number of furan rings is 1. The van der Waals surface area contributed by atoms with E-state index in [-0.39, 0.29) is 29.6 Å². The molecule has 90 valence electrons. The molecule has 1 aromatic rings. The molecule has 0 aliphatic heterocycles. The highest BCUT2D eigenvalue weighted by Crippen LogP contribution is 2.15. The number of hydrogen-bond donors (Lipinski definition) is 2. The molecule has 0 aliphatic carbocycles. The number of aliphatic hydroxyl groups is 1. The molecule has 2 N–H and O–H groups in total. The third-order valence-corrected chi connectivity index (χ3v) is 3.79. The molecular formula is C10H14BrNO3S. The summed E-state index contributed by atoms with van der Waals surface area (Å²) in [7, 11) is 0. The summed E-state index contributed by atoms with van der Waals surface area (Å²) >= 11 is 4.65. The zero-order valence-corrected chi connectivity index (χ0v) is 11.5. The molecule has 0 saturated heterocycles. The van der Waals surface area contributed by atoms with Gasteiger partial charge in [-0.05, 0) is 41.2 Å². The number of carbonyl (C=O) groups is 1. The van der Waals surface area contributed by atoms with Gasteiger partial charge < -0.3 is 14.8 Å². The molecule has 0 aliphatic rings. The fourth-order valence-corrected chi connectivity index (χ4v) is 2.18. The molecule has 1 rings (SSSR count). The third-order valence-electron chi connectivity index (χ3n) is 2.20. The standard InChI is InChI=1S/C10H14BrNO3S/c1-6(8(5-13)16-2)12-10(14)7-3-4-9(11)15-7/h3-4,6,8,13H,5H2,1-2H3,(H,12,14). The first kappa shape index (κ1) is 13.6. The lowest BCUT2D eigenvalue weighted by atomic mass is 10.2. The molecule has 2 unspecified atom stereocenters. The maximum absolute atomic E-state index is 11.7. The Morgan fingerprint density at radius 1 is 1.69 bits per heavy atom. The lowest BCUT2D eigenvalue weighted by Gasteiger charge is -2.20. The van der Waals surface area contributed by atoms with Gasteiger partial charge in [-0.1, -0.05) is 0 Å². The van der Waals surface area contributed by atoms with Crippen LogP contribution in [0.5, 0.6) is 0 Å². The van der Waals surface area contributed by atoms with Crippen LogP contribution in [0.2, 0.25) is 0 Å². The molecule has 0 saturated carbocycles. The van der Waals surface area contributed by atoms with E-state index in [9.17, 15) is 4.79 Å². The average Bonchev–Trinajstić information content (AvgIpc) is 2.66. The van der Waals surface area contributed by atoms with Crippen LogP contribution >= 0.6 is 27.7 Å². The highest BCUT2D eigenvalue weighted by Gasteiger charge is 2.19. The van der Waals surface area contributed by atoms with E-state index < -0.39 is 0 Å². The van der Waals surface area contributed by atoms with Gasteiger partial charge in [-0.3, -0.25) is 4.79 Å². The number of hydrogen-bond acceptors (Lipinski definition) is 4. The summed E-state index contributed by atoms with van der Waals surface area (Å²) in [6.45, 7) is 1.89. The predicted molar refractivity (Wildman–Crippen MR) is 67.7 cm³/mol. The van der Waals surface area contributed by atoms with Gasteiger partial charge in [0.1, 0.15) is 0 Å². The van der Waals surface area contributed by atoms with Gasteiger partial charge in [0.15, 0.2) is 10.4 Å². The molecule has 1 heterocycles. The van der Waals surface area contributed by atoms with Crippen molar-refractivity contribution >= 4 is 33.6 Å². The molecule has 6 heteroatoms. The first-order valence-corrected chi connectivity index (χ1v) is 6.86. The smallest absolute Gasteiger partial charge is 0.287 e. The second kappa shape index (κ2) is 6.32. The van der Waals surface area contributed by atoms with Gasteiger partial charge >= 0.3 is 0 Å². The van der Waals surface area contributed by atoms with Crippen molar-refractivity contribution in [3.8, 4) is 0 Å². The molecule has 2 atom stereocenters. The van der Waals surface area contributed by atoms with E-state index >= 15 is 0 Å². The van der Waals surface area contributed by atoms with Crippen molar-refractivity contribution in [2.45, 2.75) is 18.2 Å². The molecular weight excluding hydrogens is 294 g/mol. The Morgan fingerprint density at radius 3 is 2.81 bits per heavy atom. The predicted octanol–water partition coefficient (Wildman–Crippen LogP) is 1.88. The summed E-state index contributed by atoms with van der Waals surface area (Å²) < 4.78 is 5.65. The minimum atomic E-state index is -0.272. The Kier molecular flexibility index (Phi) is 5.37. The first-order valence-electron chi connectivity index (χ1n) is 4.78. The number of rotatable bonds is 5. The van der Waals surface area contributed by atoms with Crippen LogP contribution in [-0.4, -0.2) is 35.2 Å². The average molecular weight is 308 g/mol. The summed E-state index contributed by atoms with van der Waals surface area (Å²) in [5.74, 6) is -0.0118. The van der Waals surface area contributed by atoms with Crippen molar-refractivity contribution < 1.29 is 14.3 Å². The van der Waals surface area contributed by atoms with E-state index in [1.165, 1.54) is 11.8 Å². The molecule has 16 heavy (non-hydrogen) atoms. The largest absolute Gasteiger partial charge is 0.444 e. The Bertz CT molecular complexity index is 352. The highest BCUT2D eigenvalue weighted by molar-refractivity contribution is 9.10. The van der Waals surface area contributed by atoms with Crippen LogP contribution in [0, 0.1) is 0 Å². The summed E-state index contributed by atoms with van der Waals surface area (Å²) in [6, 6.07) is 3.15. The van der Waals surface area contributed by atoms with Crippen LogP contribution in [0.1, 0.15) is 17.5 Å². The topological polar surface area (TPSA) is 62.5 Å². The van der Waals surface area contributed by atoms with E-state index in [1.807, 2.05) is 13.2 Å². The van der Waals surface area contributed by atoms with Crippen molar-refractivity contribution in [3.63, 3.8) is 0 Å². The molecule has 0 fully saturated rings. The number of carbonyl (C=O) groups excluding carboxylic acids is 1. The zero-order valence-electron chi connectivity index (χ0n) is 9.07. The van der Waals surface area contributed by atoms with Crippen molar-refractivity contribution in [1.29, 1.82) is 0 Å². The van der Waals surface area contributed by atoms with Gasteiger partial charge in [-0.2, -0.15) is 11.8 Å². The van der Waals surface area contributed by atoms with Crippen LogP contribution in [0.25, 0.3) is 0 Å². The summed E-state index contributed by atoms with van der Waals surface area (Å²) in [6.07, 6.45) is 1.90. The van der Waals surface area contributed by atoms with Crippen molar-refractivity contribution in [3.05, 3.63) is 22.6 Å². The minimum absolute atomic E-state index is 0.0117. The molecule has 4 nitrogen and oxygen atoms in total. The first-order chi connectivity index (χ1) is 7.58. The number of halogens is 1. The summed E-state index contributed by atoms with van der Waals surface area (Å²) in [5, 5.41) is 11.8. The molecule has 0 spiro atoms. The molecule has 0 bridgehead atoms. The van der Waals surface area contributed by atoms with Gasteiger partial charge in [0.05, 0.1) is 6.61 Å². The van der Waals surface area contributed by atoms with Crippen LogP contribution in [0.4, 0.5) is 0 Å². The van der Waals surface area contributed by atoms with E-state index in [2.05, 4.69) is 21.2 Å². The fourth-order valence-electron chi connectivity index (χ4n) is 1.24. The quantitative estimate of drug-likeness (QED) is 0.872. The van der Waals surface area contributed by atoms with Gasteiger partial charge in [0, 0.05) is 11.3 Å². The Balaban J connectivity index is 2.57. The van der Waals surface area contributed by atoms with Crippen LogP contribution in [0.3, 0.4) is 0 Å². The van der Waals surface area contributed by atoms with Gasteiger partial charge in [-0.15, -0.1) is 0 Å². The summed E-state index contributed by atoms with van der Waals surface area (Å²) in [5.41, 5.74) is 0. The van der Waals surface area contributed by atoms with Crippen molar-refractivity contribution in [2.24, 2.45) is 0 Å². The lowest BCUT2D eigenvalue weighted by molar-refractivity contribution is 0.0906. The second-order valence-corrected chi connectivity index (χ2v) is 5.18. The second-order valence-electron chi connectivity index (χ2n) is 3.32. The Hall–Kier alpha value is -0.460. The number of aliphatic hydroxyl groups excluding tert-OH is 1. The third kappa shape index (κ3) is 3.54. The fraction of sp³-hybridized carbons (Fsp3) is 0.500. The van der Waals surface area contributed by atoms with Gasteiger partial charge in [-0.25, -0.2) is 0 Å². The number of amides is 1. The number of thioether (sulfide) groups is 1. The lowest BCUT2D eigenvalue weighted by Crippen LogP contribution is -2.41. The van der Waals surface area contributed by atoms with Gasteiger partial charge in [0.25, 0.3) is 5.91 Å². The van der Waals surface area contributed by atoms with Crippen LogP contribution in [-0.2, 0) is 0 Å². The monoisotopic (exact) mass is 307 g/mol. The molecule has 0 aromatic carbocycles. The SMILES string of the molecule is CSC(CO)C(C)NC(=O)c1ccc(Br)o1. The number of nitrogens with one attached hydrogen (secondary N) is 1. The molecule has 0 radical (unpaired) electrons. The minimum Gasteiger partial charge on any atom is -0.444 e. The van der Waals surface area contributed by atoms with Crippen LogP contribution < -0.4 is 5.32 Å². The van der Waals surface area contributed by atoms with Crippen molar-refractivity contribution in [2.75, 3.05) is 12.9 Å².